The van der Waals surface area contributed by atoms with Crippen molar-refractivity contribution in [2.24, 2.45) is 5.92 Å². The molecule has 1 fully saturated rings. The van der Waals surface area contributed by atoms with Gasteiger partial charge in [-0.3, -0.25) is 9.78 Å². The van der Waals surface area contributed by atoms with Crippen LogP contribution in [0.25, 0.3) is 0 Å². The Bertz CT molecular complexity index is 907. The summed E-state index contributed by atoms with van der Waals surface area (Å²) in [6.07, 6.45) is 4.36. The number of hydrogen-bond donors (Lipinski definition) is 1. The molecule has 1 amide bonds. The Kier molecular flexibility index (Phi) is 6.58. The molecule has 4 rings (SSSR count). The number of rotatable bonds is 6. The summed E-state index contributed by atoms with van der Waals surface area (Å²) in [4.78, 5) is 19.4. The van der Waals surface area contributed by atoms with E-state index in [1.807, 2.05) is 24.1 Å². The van der Waals surface area contributed by atoms with Gasteiger partial charge in [0.05, 0.1) is 24.1 Å². The summed E-state index contributed by atoms with van der Waals surface area (Å²) in [6, 6.07) is 13.1. The first-order valence-corrected chi connectivity index (χ1v) is 12.8. The Labute approximate surface area is 188 Å². The average molecular weight is 440 g/mol. The van der Waals surface area contributed by atoms with Crippen molar-refractivity contribution in [1.82, 2.24) is 9.88 Å². The second-order valence-corrected chi connectivity index (χ2v) is 11.0. The van der Waals surface area contributed by atoms with E-state index in [1.165, 1.54) is 11.1 Å². The maximum Gasteiger partial charge on any atom is 0.226 e. The molecule has 1 aromatic carbocycles. The zero-order valence-electron chi connectivity index (χ0n) is 18.8. The third-order valence-electron chi connectivity index (χ3n) is 6.96. The summed E-state index contributed by atoms with van der Waals surface area (Å²) in [6.45, 7) is 7.78. The van der Waals surface area contributed by atoms with E-state index in [2.05, 4.69) is 54.5 Å². The summed E-state index contributed by atoms with van der Waals surface area (Å²) in [5.74, 6) is 1.47. The SMILES string of the molecule is CCN(Cc1ccc(NC2Cc3ccccc3C2(C)C)cn1)C(=O)C1CC[S+]([O-])CC1. The van der Waals surface area contributed by atoms with Crippen LogP contribution in [0.1, 0.15) is 50.4 Å². The fourth-order valence-corrected chi connectivity index (χ4v) is 6.16. The van der Waals surface area contributed by atoms with Crippen molar-refractivity contribution >= 4 is 22.8 Å². The van der Waals surface area contributed by atoms with Gasteiger partial charge in [-0.15, -0.1) is 0 Å². The van der Waals surface area contributed by atoms with Crippen molar-refractivity contribution in [3.05, 3.63) is 59.4 Å². The Hall–Kier alpha value is -2.05. The molecular weight excluding hydrogens is 406 g/mol. The molecule has 1 unspecified atom stereocenters. The first kappa shape index (κ1) is 22.2. The molecule has 0 radical (unpaired) electrons. The van der Waals surface area contributed by atoms with Crippen molar-refractivity contribution in [3.8, 4) is 0 Å². The summed E-state index contributed by atoms with van der Waals surface area (Å²) in [5.41, 5.74) is 4.80. The quantitative estimate of drug-likeness (QED) is 0.693. The third kappa shape index (κ3) is 4.75. The van der Waals surface area contributed by atoms with Crippen LogP contribution < -0.4 is 5.32 Å². The number of benzene rings is 1. The first-order valence-electron chi connectivity index (χ1n) is 11.3. The molecule has 166 valence electrons. The number of aromatic nitrogens is 1. The monoisotopic (exact) mass is 439 g/mol. The second-order valence-electron chi connectivity index (χ2n) is 9.29. The van der Waals surface area contributed by atoms with Crippen LogP contribution in [0.5, 0.6) is 0 Å². The molecule has 31 heavy (non-hydrogen) atoms. The van der Waals surface area contributed by atoms with Gasteiger partial charge < -0.3 is 14.8 Å². The van der Waals surface area contributed by atoms with Gasteiger partial charge in [0.25, 0.3) is 0 Å². The van der Waals surface area contributed by atoms with Crippen LogP contribution in [0.2, 0.25) is 0 Å². The fraction of sp³-hybridized carbons (Fsp3) is 0.520. The maximum atomic E-state index is 12.9. The minimum absolute atomic E-state index is 0.00446. The van der Waals surface area contributed by atoms with Crippen molar-refractivity contribution in [2.75, 3.05) is 23.4 Å². The summed E-state index contributed by atoms with van der Waals surface area (Å²) in [7, 11) is 0. The number of pyridine rings is 1. The number of hydrogen-bond acceptors (Lipinski definition) is 4. The van der Waals surface area contributed by atoms with E-state index in [-0.39, 0.29) is 17.2 Å². The fourth-order valence-electron chi connectivity index (χ4n) is 4.87. The summed E-state index contributed by atoms with van der Waals surface area (Å²) >= 11 is -0.744. The average Bonchev–Trinajstić information content (AvgIpc) is 3.03. The predicted molar refractivity (Wildman–Crippen MR) is 127 cm³/mol. The number of nitrogens with one attached hydrogen (secondary N) is 1. The predicted octanol–water partition coefficient (Wildman–Crippen LogP) is 3.90. The highest BCUT2D eigenvalue weighted by Crippen LogP contribution is 2.39. The van der Waals surface area contributed by atoms with Crippen molar-refractivity contribution in [1.29, 1.82) is 0 Å². The van der Waals surface area contributed by atoms with Crippen LogP contribution in [0.15, 0.2) is 42.6 Å². The normalized spacial score (nSPS) is 24.5. The number of carbonyl (C=O) groups excluding carboxylic acids is 1. The van der Waals surface area contributed by atoms with Crippen LogP contribution in [-0.2, 0) is 34.4 Å². The van der Waals surface area contributed by atoms with Gasteiger partial charge >= 0.3 is 0 Å². The third-order valence-corrected chi connectivity index (χ3v) is 8.34. The molecule has 1 aliphatic heterocycles. The van der Waals surface area contributed by atoms with Crippen LogP contribution in [0.3, 0.4) is 0 Å². The van der Waals surface area contributed by atoms with Crippen LogP contribution in [0.4, 0.5) is 5.69 Å². The molecule has 0 saturated carbocycles. The molecule has 0 bridgehead atoms. The van der Waals surface area contributed by atoms with Gasteiger partial charge in [-0.1, -0.05) is 49.3 Å². The molecule has 1 aliphatic carbocycles. The van der Waals surface area contributed by atoms with Gasteiger partial charge in [0, 0.05) is 36.8 Å². The molecule has 1 N–H and O–H groups in total. The van der Waals surface area contributed by atoms with Crippen LogP contribution in [0, 0.1) is 5.92 Å². The van der Waals surface area contributed by atoms with Gasteiger partial charge in [-0.05, 0) is 36.6 Å². The Morgan fingerprint density at radius 1 is 1.23 bits per heavy atom. The van der Waals surface area contributed by atoms with Crippen molar-refractivity contribution < 1.29 is 9.35 Å². The molecule has 1 aromatic heterocycles. The maximum absolute atomic E-state index is 12.9. The van der Waals surface area contributed by atoms with Gasteiger partial charge in [0.2, 0.25) is 5.91 Å². The lowest BCUT2D eigenvalue weighted by Gasteiger charge is -2.30. The molecule has 6 heteroatoms. The number of nitrogens with zero attached hydrogens (tertiary/aromatic N) is 2. The number of anilines is 1. The highest BCUT2D eigenvalue weighted by Gasteiger charge is 2.39. The molecule has 2 aromatic rings. The largest absolute Gasteiger partial charge is 0.616 e. The smallest absolute Gasteiger partial charge is 0.226 e. The molecule has 5 nitrogen and oxygen atoms in total. The van der Waals surface area contributed by atoms with Crippen LogP contribution in [-0.4, -0.2) is 44.4 Å². The molecule has 1 atom stereocenters. The van der Waals surface area contributed by atoms with E-state index < -0.39 is 11.2 Å². The molecule has 2 aliphatic rings. The van der Waals surface area contributed by atoms with Crippen LogP contribution >= 0.6 is 0 Å². The Balaban J connectivity index is 1.37. The molecule has 2 heterocycles. The van der Waals surface area contributed by atoms with E-state index in [9.17, 15) is 9.35 Å². The lowest BCUT2D eigenvalue weighted by atomic mass is 9.83. The minimum Gasteiger partial charge on any atom is -0.616 e. The Morgan fingerprint density at radius 3 is 2.61 bits per heavy atom. The molecule has 0 spiro atoms. The number of amides is 1. The molecular formula is C25H33N3O2S. The number of carbonyl (C=O) groups is 1. The lowest BCUT2D eigenvalue weighted by molar-refractivity contribution is -0.136. The highest BCUT2D eigenvalue weighted by molar-refractivity contribution is 7.91. The van der Waals surface area contributed by atoms with Gasteiger partial charge in [0.15, 0.2) is 0 Å². The van der Waals surface area contributed by atoms with E-state index in [1.54, 1.807) is 0 Å². The van der Waals surface area contributed by atoms with E-state index in [0.717, 1.165) is 30.6 Å². The molecule has 1 saturated heterocycles. The van der Waals surface area contributed by atoms with Gasteiger partial charge in [-0.25, -0.2) is 0 Å². The Morgan fingerprint density at radius 2 is 1.97 bits per heavy atom. The van der Waals surface area contributed by atoms with Gasteiger partial charge in [0.1, 0.15) is 11.5 Å². The van der Waals surface area contributed by atoms with Crippen molar-refractivity contribution in [2.45, 2.75) is 58.0 Å². The second kappa shape index (κ2) is 9.21. The first-order chi connectivity index (χ1) is 14.9. The van der Waals surface area contributed by atoms with E-state index >= 15 is 0 Å². The summed E-state index contributed by atoms with van der Waals surface area (Å²) < 4.78 is 11.6. The highest BCUT2D eigenvalue weighted by atomic mass is 32.2. The van der Waals surface area contributed by atoms with Gasteiger partial charge in [-0.2, -0.15) is 0 Å². The zero-order chi connectivity index (χ0) is 22.0. The van der Waals surface area contributed by atoms with E-state index in [4.69, 9.17) is 0 Å². The number of fused-ring (bicyclic) bond motifs is 1. The summed E-state index contributed by atoms with van der Waals surface area (Å²) in [5, 5.41) is 3.68. The lowest BCUT2D eigenvalue weighted by Crippen LogP contribution is -2.39. The standard InChI is InChI=1S/C25H33N3O2S/c1-4-28(24(29)18-11-13-31(30)14-12-18)17-21-10-9-20(16-26-21)27-23-15-19-7-5-6-8-22(19)25(23,2)3/h5-10,16,18,23,27H,4,11-15,17H2,1-3H3. The minimum atomic E-state index is -0.744. The van der Waals surface area contributed by atoms with E-state index in [0.29, 0.717) is 30.6 Å². The van der Waals surface area contributed by atoms with Crippen molar-refractivity contribution in [3.63, 3.8) is 0 Å². The zero-order valence-corrected chi connectivity index (χ0v) is 19.6. The topological polar surface area (TPSA) is 68.3 Å².